The van der Waals surface area contributed by atoms with Gasteiger partial charge in [0.15, 0.2) is 0 Å². The Morgan fingerprint density at radius 2 is 1.58 bits per heavy atom. The third-order valence-corrected chi connectivity index (χ3v) is 7.93. The Morgan fingerprint density at radius 3 is 2.16 bits per heavy atom. The van der Waals surface area contributed by atoms with Gasteiger partial charge < -0.3 is 15.3 Å². The minimum Gasteiger partial charge on any atom is -0.508 e. The van der Waals surface area contributed by atoms with E-state index in [0.29, 0.717) is 23.3 Å². The Bertz CT molecular complexity index is 1030. The molecule has 2 aromatic rings. The zero-order valence-electron chi connectivity index (χ0n) is 18.0. The second-order valence-corrected chi connectivity index (χ2v) is 10.0. The number of rotatable bonds is 5. The quantitative estimate of drug-likeness (QED) is 0.512. The number of aliphatic carboxylic acids is 1. The van der Waals surface area contributed by atoms with Gasteiger partial charge in [-0.05, 0) is 110 Å². The van der Waals surface area contributed by atoms with Crippen LogP contribution in [0, 0.1) is 17.8 Å². The molecule has 4 heteroatoms. The van der Waals surface area contributed by atoms with Crippen molar-refractivity contribution in [1.82, 2.24) is 0 Å². The van der Waals surface area contributed by atoms with Crippen LogP contribution in [-0.2, 0) is 10.2 Å². The van der Waals surface area contributed by atoms with E-state index in [1.165, 1.54) is 19.3 Å². The summed E-state index contributed by atoms with van der Waals surface area (Å²) in [6.07, 6.45) is 9.59. The fourth-order valence-corrected chi connectivity index (χ4v) is 6.96. The molecule has 0 saturated heterocycles. The monoisotopic (exact) mass is 418 g/mol. The number of phenolic OH excluding ortho intramolecular Hbond substituents is 2. The maximum Gasteiger partial charge on any atom is 0.331 e. The molecule has 0 aromatic heterocycles. The average molecular weight is 419 g/mol. The fraction of sp³-hybridized carbons (Fsp3) is 0.444. The molecule has 6 rings (SSSR count). The average Bonchev–Trinajstić information content (AvgIpc) is 2.72. The number of hydrogen-bond donors (Lipinski definition) is 3. The number of benzene rings is 2. The lowest BCUT2D eigenvalue weighted by Crippen LogP contribution is -2.48. The lowest BCUT2D eigenvalue weighted by atomic mass is 9.48. The summed E-state index contributed by atoms with van der Waals surface area (Å²) in [6, 6.07) is 10.9. The van der Waals surface area contributed by atoms with Crippen LogP contribution in [0.4, 0.5) is 0 Å². The topological polar surface area (TPSA) is 77.8 Å². The second-order valence-electron chi connectivity index (χ2n) is 10.0. The van der Waals surface area contributed by atoms with Crippen molar-refractivity contribution in [3.8, 4) is 22.6 Å². The van der Waals surface area contributed by atoms with Crippen LogP contribution in [0.5, 0.6) is 11.5 Å². The van der Waals surface area contributed by atoms with Gasteiger partial charge in [-0.25, -0.2) is 4.79 Å². The molecule has 4 fully saturated rings. The summed E-state index contributed by atoms with van der Waals surface area (Å²) < 4.78 is 0. The Labute approximate surface area is 183 Å². The van der Waals surface area contributed by atoms with E-state index in [2.05, 4.69) is 6.07 Å². The summed E-state index contributed by atoms with van der Waals surface area (Å²) in [7, 11) is 0. The molecular weight excluding hydrogens is 388 g/mol. The van der Waals surface area contributed by atoms with Crippen LogP contribution >= 0.6 is 0 Å². The first-order valence-electron chi connectivity index (χ1n) is 11.5. The van der Waals surface area contributed by atoms with E-state index in [4.69, 9.17) is 0 Å². The molecule has 31 heavy (non-hydrogen) atoms. The van der Waals surface area contributed by atoms with Gasteiger partial charge in [-0.1, -0.05) is 19.1 Å². The molecule has 0 unspecified atom stereocenters. The predicted molar refractivity (Wildman–Crippen MR) is 121 cm³/mol. The summed E-state index contributed by atoms with van der Waals surface area (Å²) in [6.45, 7) is 1.82. The zero-order valence-corrected chi connectivity index (χ0v) is 18.0. The van der Waals surface area contributed by atoms with Gasteiger partial charge in [0.05, 0.1) is 0 Å². The van der Waals surface area contributed by atoms with Gasteiger partial charge in [-0.2, -0.15) is 0 Å². The van der Waals surface area contributed by atoms with Crippen molar-refractivity contribution < 1.29 is 20.1 Å². The molecule has 4 bridgehead atoms. The minimum atomic E-state index is -0.925. The van der Waals surface area contributed by atoms with Gasteiger partial charge in [0.2, 0.25) is 0 Å². The van der Waals surface area contributed by atoms with Gasteiger partial charge in [0.25, 0.3) is 0 Å². The molecule has 2 aromatic carbocycles. The fourth-order valence-electron chi connectivity index (χ4n) is 6.96. The molecule has 4 saturated carbocycles. The Kier molecular flexibility index (Phi) is 4.84. The molecule has 3 N–H and O–H groups in total. The van der Waals surface area contributed by atoms with Crippen molar-refractivity contribution in [2.45, 2.75) is 57.3 Å². The maximum absolute atomic E-state index is 11.4. The first-order chi connectivity index (χ1) is 14.9. The molecule has 162 valence electrons. The first-order valence-corrected chi connectivity index (χ1v) is 11.5. The molecule has 0 spiro atoms. The molecule has 0 atom stereocenters. The third kappa shape index (κ3) is 3.52. The summed E-state index contributed by atoms with van der Waals surface area (Å²) >= 11 is 0. The van der Waals surface area contributed by atoms with Crippen LogP contribution in [0.15, 0.2) is 42.0 Å². The number of aromatic hydroxyl groups is 2. The maximum atomic E-state index is 11.4. The highest BCUT2D eigenvalue weighted by Gasteiger charge is 2.52. The molecule has 0 aliphatic heterocycles. The van der Waals surface area contributed by atoms with E-state index >= 15 is 0 Å². The third-order valence-electron chi connectivity index (χ3n) is 7.93. The van der Waals surface area contributed by atoms with Crippen molar-refractivity contribution in [3.63, 3.8) is 0 Å². The smallest absolute Gasteiger partial charge is 0.331 e. The van der Waals surface area contributed by atoms with E-state index in [0.717, 1.165) is 53.7 Å². The number of carboxylic acids is 1. The van der Waals surface area contributed by atoms with Crippen LogP contribution in [-0.4, -0.2) is 21.3 Å². The Balaban J connectivity index is 1.56. The normalized spacial score (nSPS) is 29.3. The van der Waals surface area contributed by atoms with Crippen molar-refractivity contribution in [2.24, 2.45) is 17.8 Å². The van der Waals surface area contributed by atoms with Crippen molar-refractivity contribution in [1.29, 1.82) is 0 Å². The van der Waals surface area contributed by atoms with Gasteiger partial charge in [0, 0.05) is 16.7 Å². The lowest BCUT2D eigenvalue weighted by Gasteiger charge is -2.57. The van der Waals surface area contributed by atoms with E-state index in [1.807, 2.05) is 19.1 Å². The standard InChI is InChI=1S/C27H30O4/c1-2-20(26(30)31)10-16-3-5-24(28)22(11-16)21-4-6-25(29)23(12-21)27-13-17-7-18(14-27)9-19(8-17)15-27/h3-6,10-12,17-19,28-29H,2,7-9,13-15H2,1H3,(H,30,31). The highest BCUT2D eigenvalue weighted by molar-refractivity contribution is 5.92. The molecule has 4 nitrogen and oxygen atoms in total. The molecule has 4 aliphatic carbocycles. The van der Waals surface area contributed by atoms with E-state index in [9.17, 15) is 20.1 Å². The van der Waals surface area contributed by atoms with Gasteiger partial charge in [0.1, 0.15) is 11.5 Å². The van der Waals surface area contributed by atoms with Gasteiger partial charge >= 0.3 is 5.97 Å². The summed E-state index contributed by atoms with van der Waals surface area (Å²) in [4.78, 5) is 11.4. The largest absolute Gasteiger partial charge is 0.508 e. The van der Waals surface area contributed by atoms with Crippen molar-refractivity contribution >= 4 is 12.0 Å². The van der Waals surface area contributed by atoms with Crippen molar-refractivity contribution in [2.75, 3.05) is 0 Å². The Hall–Kier alpha value is -2.75. The lowest BCUT2D eigenvalue weighted by molar-refractivity contribution is -0.132. The SMILES string of the molecule is CCC(=Cc1ccc(O)c(-c2ccc(O)c(C34CC5CC(CC(C5)C3)C4)c2)c1)C(=O)O. The molecule has 0 heterocycles. The van der Waals surface area contributed by atoms with Crippen LogP contribution in [0.3, 0.4) is 0 Å². The molecule has 0 amide bonds. The first kappa shape index (κ1) is 20.2. The van der Waals surface area contributed by atoms with E-state index in [-0.39, 0.29) is 11.2 Å². The van der Waals surface area contributed by atoms with Gasteiger partial charge in [-0.15, -0.1) is 0 Å². The van der Waals surface area contributed by atoms with E-state index < -0.39 is 5.97 Å². The highest BCUT2D eigenvalue weighted by atomic mass is 16.4. The summed E-state index contributed by atoms with van der Waals surface area (Å²) in [5.41, 5.74) is 3.70. The highest BCUT2D eigenvalue weighted by Crippen LogP contribution is 2.62. The molecule has 4 aliphatic rings. The number of phenols is 2. The molecular formula is C27H30O4. The number of carboxylic acid groups (broad SMARTS) is 1. The Morgan fingerprint density at radius 1 is 0.968 bits per heavy atom. The summed E-state index contributed by atoms with van der Waals surface area (Å²) in [5.74, 6) is 1.93. The second kappa shape index (κ2) is 7.44. The zero-order chi connectivity index (χ0) is 21.8. The van der Waals surface area contributed by atoms with E-state index in [1.54, 1.807) is 24.3 Å². The number of carbonyl (C=O) groups is 1. The predicted octanol–water partition coefficient (Wildman–Crippen LogP) is 6.11. The minimum absolute atomic E-state index is 0.0562. The van der Waals surface area contributed by atoms with Gasteiger partial charge in [-0.3, -0.25) is 0 Å². The van der Waals surface area contributed by atoms with Crippen LogP contribution in [0.2, 0.25) is 0 Å². The van der Waals surface area contributed by atoms with Crippen LogP contribution in [0.1, 0.15) is 63.0 Å². The summed E-state index contributed by atoms with van der Waals surface area (Å²) in [5, 5.41) is 30.8. The van der Waals surface area contributed by atoms with Crippen LogP contribution in [0.25, 0.3) is 17.2 Å². The number of hydrogen-bond acceptors (Lipinski definition) is 3. The van der Waals surface area contributed by atoms with Crippen LogP contribution < -0.4 is 0 Å². The van der Waals surface area contributed by atoms with Crippen molar-refractivity contribution in [3.05, 3.63) is 53.1 Å². The molecule has 0 radical (unpaired) electrons.